The first kappa shape index (κ1) is 49.4. The first-order chi connectivity index (χ1) is 24.9. The Hall–Kier alpha value is -1.59. The summed E-state index contributed by atoms with van der Waals surface area (Å²) in [5.41, 5.74) is 0. The van der Waals surface area contributed by atoms with Gasteiger partial charge in [0.2, 0.25) is 0 Å². The summed E-state index contributed by atoms with van der Waals surface area (Å²) in [4.78, 5) is 37.6. The van der Waals surface area contributed by atoms with E-state index in [1.807, 2.05) is 0 Å². The second-order valence-corrected chi connectivity index (χ2v) is 15.8. The molecular formula is C45H86O6. The van der Waals surface area contributed by atoms with Gasteiger partial charge in [-0.15, -0.1) is 0 Å². The Morgan fingerprint density at radius 1 is 0.373 bits per heavy atom. The smallest absolute Gasteiger partial charge is 0.306 e. The van der Waals surface area contributed by atoms with E-state index in [4.69, 9.17) is 14.2 Å². The van der Waals surface area contributed by atoms with Gasteiger partial charge in [-0.3, -0.25) is 14.4 Å². The molecule has 0 aliphatic rings. The molecule has 0 aliphatic carbocycles. The summed E-state index contributed by atoms with van der Waals surface area (Å²) in [6.07, 6.45) is 38.0. The van der Waals surface area contributed by atoms with Gasteiger partial charge in [0.05, 0.1) is 0 Å². The lowest BCUT2D eigenvalue weighted by Crippen LogP contribution is -2.30. The standard InChI is InChI=1S/C45H86O6/c1-5-7-9-11-13-15-17-19-20-24-28-32-36-43(46)49-39-42(40-50-44(47)37-33-29-26-22-23-27-31-35-41(3)4)51-45(48)38-34-30-25-21-18-16-14-12-10-8-6-2/h41-42H,5-40H2,1-4H3/t42-/m1/s1. The monoisotopic (exact) mass is 723 g/mol. The van der Waals surface area contributed by atoms with E-state index in [0.717, 1.165) is 63.7 Å². The van der Waals surface area contributed by atoms with Gasteiger partial charge in [-0.1, -0.05) is 207 Å². The van der Waals surface area contributed by atoms with Gasteiger partial charge in [0.25, 0.3) is 0 Å². The number of carbonyl (C=O) groups excluding carboxylic acids is 3. The number of rotatable bonds is 40. The van der Waals surface area contributed by atoms with Crippen LogP contribution in [0.4, 0.5) is 0 Å². The van der Waals surface area contributed by atoms with E-state index in [1.165, 1.54) is 141 Å². The van der Waals surface area contributed by atoms with Crippen molar-refractivity contribution in [2.24, 2.45) is 5.92 Å². The zero-order valence-electron chi connectivity index (χ0n) is 34.6. The molecule has 6 heteroatoms. The molecule has 0 spiro atoms. The predicted octanol–water partition coefficient (Wildman–Crippen LogP) is 13.9. The number of unbranched alkanes of at least 4 members (excludes halogenated alkanes) is 27. The molecule has 0 radical (unpaired) electrons. The van der Waals surface area contributed by atoms with Gasteiger partial charge in [0, 0.05) is 19.3 Å². The molecule has 0 aromatic rings. The highest BCUT2D eigenvalue weighted by molar-refractivity contribution is 5.71. The van der Waals surface area contributed by atoms with Crippen molar-refractivity contribution in [3.63, 3.8) is 0 Å². The average molecular weight is 723 g/mol. The third-order valence-corrected chi connectivity index (χ3v) is 10.0. The summed E-state index contributed by atoms with van der Waals surface area (Å²) in [5, 5.41) is 0. The van der Waals surface area contributed by atoms with Gasteiger partial charge >= 0.3 is 17.9 Å². The fourth-order valence-corrected chi connectivity index (χ4v) is 6.63. The zero-order chi connectivity index (χ0) is 37.5. The number of esters is 3. The Morgan fingerprint density at radius 2 is 0.647 bits per heavy atom. The molecular weight excluding hydrogens is 636 g/mol. The molecule has 0 rings (SSSR count). The maximum atomic E-state index is 12.7. The average Bonchev–Trinajstić information content (AvgIpc) is 3.11. The van der Waals surface area contributed by atoms with Gasteiger partial charge in [0.15, 0.2) is 6.10 Å². The summed E-state index contributed by atoms with van der Waals surface area (Å²) in [6, 6.07) is 0. The van der Waals surface area contributed by atoms with Gasteiger partial charge in [-0.25, -0.2) is 0 Å². The summed E-state index contributed by atoms with van der Waals surface area (Å²) >= 11 is 0. The fraction of sp³-hybridized carbons (Fsp3) is 0.933. The summed E-state index contributed by atoms with van der Waals surface area (Å²) in [5.74, 6) is -0.0767. The van der Waals surface area contributed by atoms with Crippen LogP contribution >= 0.6 is 0 Å². The molecule has 1 atom stereocenters. The first-order valence-electron chi connectivity index (χ1n) is 22.4. The molecule has 0 amide bonds. The topological polar surface area (TPSA) is 78.9 Å². The maximum Gasteiger partial charge on any atom is 0.306 e. The van der Waals surface area contributed by atoms with E-state index >= 15 is 0 Å². The quantitative estimate of drug-likeness (QED) is 0.0356. The minimum absolute atomic E-state index is 0.0643. The zero-order valence-corrected chi connectivity index (χ0v) is 34.6. The molecule has 0 saturated carbocycles. The van der Waals surface area contributed by atoms with Crippen molar-refractivity contribution in [3.05, 3.63) is 0 Å². The van der Waals surface area contributed by atoms with Crippen molar-refractivity contribution in [3.8, 4) is 0 Å². The Balaban J connectivity index is 4.33. The van der Waals surface area contributed by atoms with Crippen LogP contribution in [0.2, 0.25) is 0 Å². The van der Waals surface area contributed by atoms with E-state index in [0.29, 0.717) is 19.3 Å². The van der Waals surface area contributed by atoms with Crippen LogP contribution in [0.25, 0.3) is 0 Å². The molecule has 302 valence electrons. The van der Waals surface area contributed by atoms with Crippen LogP contribution in [0.3, 0.4) is 0 Å². The highest BCUT2D eigenvalue weighted by atomic mass is 16.6. The SMILES string of the molecule is CCCCCCCCCCCCCCC(=O)OC[C@H](COC(=O)CCCCCCCCCC(C)C)OC(=O)CCCCCCCCCCCCC. The molecule has 0 fully saturated rings. The normalized spacial score (nSPS) is 11.9. The highest BCUT2D eigenvalue weighted by Crippen LogP contribution is 2.16. The van der Waals surface area contributed by atoms with E-state index in [2.05, 4.69) is 27.7 Å². The minimum Gasteiger partial charge on any atom is -0.462 e. The Morgan fingerprint density at radius 3 is 0.961 bits per heavy atom. The van der Waals surface area contributed by atoms with Crippen LogP contribution in [0.1, 0.15) is 246 Å². The van der Waals surface area contributed by atoms with Crippen molar-refractivity contribution in [2.45, 2.75) is 252 Å². The van der Waals surface area contributed by atoms with Gasteiger partial charge in [-0.05, 0) is 25.2 Å². The van der Waals surface area contributed by atoms with Crippen LogP contribution in [0.5, 0.6) is 0 Å². The predicted molar refractivity (Wildman–Crippen MR) is 215 cm³/mol. The lowest BCUT2D eigenvalue weighted by molar-refractivity contribution is -0.167. The summed E-state index contributed by atoms with van der Waals surface area (Å²) < 4.78 is 16.7. The second kappa shape index (κ2) is 39.6. The summed E-state index contributed by atoms with van der Waals surface area (Å²) in [6.45, 7) is 8.93. The molecule has 0 aliphatic heterocycles. The molecule has 0 aromatic carbocycles. The van der Waals surface area contributed by atoms with Crippen molar-refractivity contribution in [2.75, 3.05) is 13.2 Å². The van der Waals surface area contributed by atoms with Crippen LogP contribution in [-0.4, -0.2) is 37.2 Å². The highest BCUT2D eigenvalue weighted by Gasteiger charge is 2.19. The van der Waals surface area contributed by atoms with Crippen molar-refractivity contribution >= 4 is 17.9 Å². The lowest BCUT2D eigenvalue weighted by Gasteiger charge is -2.18. The minimum atomic E-state index is -0.758. The molecule has 6 nitrogen and oxygen atoms in total. The van der Waals surface area contributed by atoms with Crippen LogP contribution in [-0.2, 0) is 28.6 Å². The molecule has 0 heterocycles. The second-order valence-electron chi connectivity index (χ2n) is 15.8. The summed E-state index contributed by atoms with van der Waals surface area (Å²) in [7, 11) is 0. The molecule has 0 bridgehead atoms. The van der Waals surface area contributed by atoms with E-state index in [9.17, 15) is 14.4 Å². The maximum absolute atomic E-state index is 12.7. The lowest BCUT2D eigenvalue weighted by atomic mass is 10.0. The van der Waals surface area contributed by atoms with Crippen LogP contribution in [0, 0.1) is 5.92 Å². The van der Waals surface area contributed by atoms with E-state index < -0.39 is 6.10 Å². The molecule has 51 heavy (non-hydrogen) atoms. The van der Waals surface area contributed by atoms with Crippen molar-refractivity contribution in [1.82, 2.24) is 0 Å². The van der Waals surface area contributed by atoms with Crippen LogP contribution < -0.4 is 0 Å². The van der Waals surface area contributed by atoms with E-state index in [-0.39, 0.29) is 31.1 Å². The number of hydrogen-bond acceptors (Lipinski definition) is 6. The first-order valence-corrected chi connectivity index (χ1v) is 22.4. The molecule has 0 aromatic heterocycles. The number of carbonyl (C=O) groups is 3. The van der Waals surface area contributed by atoms with Crippen LogP contribution in [0.15, 0.2) is 0 Å². The van der Waals surface area contributed by atoms with E-state index in [1.54, 1.807) is 0 Å². The van der Waals surface area contributed by atoms with Gasteiger partial charge in [-0.2, -0.15) is 0 Å². The van der Waals surface area contributed by atoms with Crippen molar-refractivity contribution in [1.29, 1.82) is 0 Å². The third kappa shape index (κ3) is 39.5. The van der Waals surface area contributed by atoms with Gasteiger partial charge in [0.1, 0.15) is 13.2 Å². The number of ether oxygens (including phenoxy) is 3. The number of hydrogen-bond donors (Lipinski definition) is 0. The Labute approximate surface area is 317 Å². The Bertz CT molecular complexity index is 766. The molecule has 0 saturated heterocycles. The molecule has 0 unspecified atom stereocenters. The fourth-order valence-electron chi connectivity index (χ4n) is 6.63. The Kier molecular flexibility index (Phi) is 38.4. The third-order valence-electron chi connectivity index (χ3n) is 10.0. The molecule has 0 N–H and O–H groups in total. The van der Waals surface area contributed by atoms with Crippen molar-refractivity contribution < 1.29 is 28.6 Å². The largest absolute Gasteiger partial charge is 0.462 e. The van der Waals surface area contributed by atoms with Gasteiger partial charge < -0.3 is 14.2 Å².